The van der Waals surface area contributed by atoms with Gasteiger partial charge < -0.3 is 19.7 Å². The first-order valence-electron chi connectivity index (χ1n) is 8.57. The molecule has 0 aromatic heterocycles. The van der Waals surface area contributed by atoms with E-state index in [0.717, 1.165) is 42.3 Å². The number of methoxy groups -OCH3 is 1. The zero-order valence-electron chi connectivity index (χ0n) is 14.5. The Morgan fingerprint density at radius 3 is 2.56 bits per heavy atom. The lowest BCUT2D eigenvalue weighted by Crippen LogP contribution is -2.49. The van der Waals surface area contributed by atoms with Crippen molar-refractivity contribution in [1.29, 1.82) is 0 Å². The molecule has 1 aliphatic rings. The largest absolute Gasteiger partial charge is 0.497 e. The van der Waals surface area contributed by atoms with Crippen LogP contribution in [0.15, 0.2) is 48.5 Å². The third-order valence-electron chi connectivity index (χ3n) is 4.53. The number of rotatable bonds is 6. The average molecular weight is 343 g/mol. The highest BCUT2D eigenvalue weighted by molar-refractivity contribution is 5.36. The summed E-state index contributed by atoms with van der Waals surface area (Å²) in [4.78, 5) is 2.17. The highest BCUT2D eigenvalue weighted by atomic mass is 16.5. The summed E-state index contributed by atoms with van der Waals surface area (Å²) in [6.45, 7) is 1.95. The maximum atomic E-state index is 10.3. The summed E-state index contributed by atoms with van der Waals surface area (Å²) in [7, 11) is 1.64. The zero-order valence-corrected chi connectivity index (χ0v) is 14.5. The van der Waals surface area contributed by atoms with Crippen molar-refractivity contribution in [1.82, 2.24) is 4.90 Å². The molecule has 0 saturated carbocycles. The Bertz CT molecular complexity index is 688. The maximum Gasteiger partial charge on any atom is 0.127 e. The smallest absolute Gasteiger partial charge is 0.127 e. The van der Waals surface area contributed by atoms with E-state index in [9.17, 15) is 10.2 Å². The van der Waals surface area contributed by atoms with Crippen molar-refractivity contribution in [2.24, 2.45) is 0 Å². The molecule has 0 spiro atoms. The van der Waals surface area contributed by atoms with Crippen molar-refractivity contribution >= 4 is 0 Å². The van der Waals surface area contributed by atoms with Gasteiger partial charge in [-0.1, -0.05) is 12.1 Å². The third-order valence-corrected chi connectivity index (χ3v) is 4.53. The molecule has 3 rings (SSSR count). The number of β-amino-alcohol motifs (C(OH)–C–C–N with tert-alkyl or cyclic N) is 1. The highest BCUT2D eigenvalue weighted by Crippen LogP contribution is 2.26. The van der Waals surface area contributed by atoms with Gasteiger partial charge >= 0.3 is 0 Å². The molecule has 2 aromatic carbocycles. The first-order valence-corrected chi connectivity index (χ1v) is 8.57. The second kappa shape index (κ2) is 7.87. The Hall–Kier alpha value is -2.08. The minimum absolute atomic E-state index is 0.190. The molecular formula is C20H25NO4. The Balaban J connectivity index is 1.64. The molecule has 0 aliphatic carbocycles. The van der Waals surface area contributed by atoms with E-state index in [1.807, 2.05) is 48.5 Å². The van der Waals surface area contributed by atoms with E-state index in [-0.39, 0.29) is 6.61 Å². The van der Waals surface area contributed by atoms with Gasteiger partial charge in [-0.15, -0.1) is 0 Å². The van der Waals surface area contributed by atoms with Gasteiger partial charge in [-0.05, 0) is 61.3 Å². The Kier molecular flexibility index (Phi) is 5.58. The summed E-state index contributed by atoms with van der Waals surface area (Å²) < 4.78 is 11.1. The van der Waals surface area contributed by atoms with Gasteiger partial charge in [0, 0.05) is 13.1 Å². The van der Waals surface area contributed by atoms with Crippen LogP contribution in [0, 0.1) is 0 Å². The molecule has 0 bridgehead atoms. The average Bonchev–Trinajstić information content (AvgIpc) is 2.63. The molecule has 1 heterocycles. The van der Waals surface area contributed by atoms with Gasteiger partial charge in [0.2, 0.25) is 0 Å². The van der Waals surface area contributed by atoms with E-state index in [1.165, 1.54) is 0 Å². The van der Waals surface area contributed by atoms with Crippen LogP contribution in [0.3, 0.4) is 0 Å². The van der Waals surface area contributed by atoms with Gasteiger partial charge in [0.15, 0.2) is 0 Å². The lowest BCUT2D eigenvalue weighted by Gasteiger charge is -2.38. The molecule has 1 saturated heterocycles. The highest BCUT2D eigenvalue weighted by Gasteiger charge is 2.32. The third kappa shape index (κ3) is 4.72. The fraction of sp³-hybridized carbons (Fsp3) is 0.400. The van der Waals surface area contributed by atoms with Crippen LogP contribution in [0.1, 0.15) is 18.4 Å². The molecule has 0 amide bonds. The molecule has 2 N–H and O–H groups in total. The first-order chi connectivity index (χ1) is 12.1. The van der Waals surface area contributed by atoms with E-state index >= 15 is 0 Å². The molecule has 1 atom stereocenters. The van der Waals surface area contributed by atoms with E-state index < -0.39 is 5.60 Å². The molecule has 1 aliphatic heterocycles. The predicted octanol–water partition coefficient (Wildman–Crippen LogP) is 2.81. The van der Waals surface area contributed by atoms with E-state index in [2.05, 4.69) is 4.90 Å². The van der Waals surface area contributed by atoms with Crippen LogP contribution < -0.4 is 9.47 Å². The van der Waals surface area contributed by atoms with Gasteiger partial charge in [0.05, 0.1) is 13.7 Å². The van der Waals surface area contributed by atoms with Crippen molar-refractivity contribution in [2.75, 3.05) is 26.8 Å². The van der Waals surface area contributed by atoms with E-state index in [0.29, 0.717) is 13.0 Å². The van der Waals surface area contributed by atoms with Crippen LogP contribution in [0.4, 0.5) is 0 Å². The fourth-order valence-electron chi connectivity index (χ4n) is 3.22. The lowest BCUT2D eigenvalue weighted by molar-refractivity contribution is -0.0687. The molecular weight excluding hydrogens is 318 g/mol. The maximum absolute atomic E-state index is 10.3. The number of likely N-dealkylation sites (tertiary alicyclic amines) is 1. The van der Waals surface area contributed by atoms with Crippen molar-refractivity contribution < 1.29 is 19.7 Å². The van der Waals surface area contributed by atoms with Gasteiger partial charge in [-0.3, -0.25) is 4.90 Å². The Labute approximate surface area is 148 Å². The normalized spacial score (nSPS) is 21.1. The number of aliphatic hydroxyl groups excluding tert-OH is 1. The van der Waals surface area contributed by atoms with Crippen LogP contribution in [0.2, 0.25) is 0 Å². The van der Waals surface area contributed by atoms with Gasteiger partial charge in [-0.2, -0.15) is 0 Å². The quantitative estimate of drug-likeness (QED) is 0.844. The van der Waals surface area contributed by atoms with E-state index in [1.54, 1.807) is 7.11 Å². The molecule has 25 heavy (non-hydrogen) atoms. The number of piperidine rings is 1. The molecule has 134 valence electrons. The molecule has 2 aromatic rings. The number of aliphatic hydroxyl groups is 2. The standard InChI is InChI=1S/C20H25NO4/c1-24-17-6-8-18(9-7-17)25-19-5-2-4-16(12-19)13-21-11-3-10-20(23,14-21)15-22/h2,4-9,12,22-23H,3,10-11,13-15H2,1H3/t20-/m1/s1. The van der Waals surface area contributed by atoms with Crippen LogP contribution in [-0.4, -0.2) is 47.5 Å². The molecule has 5 nitrogen and oxygen atoms in total. The lowest BCUT2D eigenvalue weighted by atomic mass is 9.93. The van der Waals surface area contributed by atoms with Crippen molar-refractivity contribution in [2.45, 2.75) is 25.0 Å². The SMILES string of the molecule is COc1ccc(Oc2cccc(CN3CCC[C@](O)(CO)C3)c2)cc1. The fourth-order valence-corrected chi connectivity index (χ4v) is 3.22. The topological polar surface area (TPSA) is 62.2 Å². The molecule has 5 heteroatoms. The second-order valence-electron chi connectivity index (χ2n) is 6.62. The zero-order chi connectivity index (χ0) is 17.7. The Morgan fingerprint density at radius 2 is 1.84 bits per heavy atom. The number of nitrogens with zero attached hydrogens (tertiary/aromatic N) is 1. The number of benzene rings is 2. The minimum Gasteiger partial charge on any atom is -0.497 e. The molecule has 1 fully saturated rings. The van der Waals surface area contributed by atoms with Gasteiger partial charge in [0.1, 0.15) is 22.8 Å². The monoisotopic (exact) mass is 343 g/mol. The van der Waals surface area contributed by atoms with Gasteiger partial charge in [0.25, 0.3) is 0 Å². The van der Waals surface area contributed by atoms with Gasteiger partial charge in [-0.25, -0.2) is 0 Å². The summed E-state index contributed by atoms with van der Waals surface area (Å²) in [5.41, 5.74) is 0.142. The summed E-state index contributed by atoms with van der Waals surface area (Å²) >= 11 is 0. The Morgan fingerprint density at radius 1 is 1.08 bits per heavy atom. The van der Waals surface area contributed by atoms with Crippen LogP contribution in [-0.2, 0) is 6.54 Å². The minimum atomic E-state index is -0.977. The molecule has 0 radical (unpaired) electrons. The summed E-state index contributed by atoms with van der Waals surface area (Å²) in [5, 5.41) is 19.7. The first kappa shape index (κ1) is 17.7. The van der Waals surface area contributed by atoms with Crippen LogP contribution >= 0.6 is 0 Å². The van der Waals surface area contributed by atoms with Crippen molar-refractivity contribution in [3.05, 3.63) is 54.1 Å². The number of ether oxygens (including phenoxy) is 2. The second-order valence-corrected chi connectivity index (χ2v) is 6.62. The number of hydrogen-bond donors (Lipinski definition) is 2. The summed E-state index contributed by atoms with van der Waals surface area (Å²) in [5.74, 6) is 2.32. The van der Waals surface area contributed by atoms with Crippen LogP contribution in [0.25, 0.3) is 0 Å². The van der Waals surface area contributed by atoms with Crippen LogP contribution in [0.5, 0.6) is 17.2 Å². The van der Waals surface area contributed by atoms with E-state index in [4.69, 9.17) is 9.47 Å². The molecule has 0 unspecified atom stereocenters. The van der Waals surface area contributed by atoms with Crippen molar-refractivity contribution in [3.8, 4) is 17.2 Å². The summed E-state index contributed by atoms with van der Waals surface area (Å²) in [6.07, 6.45) is 1.54. The van der Waals surface area contributed by atoms with Crippen molar-refractivity contribution in [3.63, 3.8) is 0 Å². The summed E-state index contributed by atoms with van der Waals surface area (Å²) in [6, 6.07) is 15.4. The predicted molar refractivity (Wildman–Crippen MR) is 96.1 cm³/mol. The number of hydrogen-bond acceptors (Lipinski definition) is 5.